The Kier molecular flexibility index (Phi) is 6.20. The maximum absolute atomic E-state index is 11.9. The second kappa shape index (κ2) is 9.20. The van der Waals surface area contributed by atoms with Crippen LogP contribution in [0, 0.1) is 0 Å². The number of rotatable bonds is 7. The molecule has 0 aliphatic carbocycles. The molecule has 0 bridgehead atoms. The number of carbonyl (C=O) groups excluding carboxylic acids is 1. The highest BCUT2D eigenvalue weighted by molar-refractivity contribution is 5.91. The molecule has 0 aliphatic rings. The molecule has 0 aromatic heterocycles. The molecule has 0 saturated heterocycles. The number of methoxy groups -OCH3 is 1. The molecule has 3 aromatic carbocycles. The number of hydrogen-bond acceptors (Lipinski definition) is 4. The molecule has 136 valence electrons. The van der Waals surface area contributed by atoms with E-state index in [1.165, 1.54) is 0 Å². The van der Waals surface area contributed by atoms with Crippen LogP contribution in [0.5, 0.6) is 11.5 Å². The van der Waals surface area contributed by atoms with E-state index < -0.39 is 0 Å². The van der Waals surface area contributed by atoms with Crippen LogP contribution < -0.4 is 14.8 Å². The number of nitrogens with zero attached hydrogens (tertiary/aromatic N) is 1. The Morgan fingerprint density at radius 2 is 1.67 bits per heavy atom. The number of nitrogens with one attached hydrogen (secondary N) is 1. The van der Waals surface area contributed by atoms with Crippen molar-refractivity contribution in [3.8, 4) is 11.5 Å². The highest BCUT2D eigenvalue weighted by Gasteiger charge is 2.03. The first-order valence-corrected chi connectivity index (χ1v) is 8.49. The summed E-state index contributed by atoms with van der Waals surface area (Å²) in [6.45, 7) is -0.0520. The standard InChI is InChI=1S/C22H20N2O3/c1-26-21-10-6-5-9-20(21)23-15-17-11-13-19(14-12-17)27-16-22(25)24-18-7-3-2-4-8-18/h2-15H,16H2,1H3,(H,24,25). The fraction of sp³-hybridized carbons (Fsp3) is 0.0909. The fourth-order valence-electron chi connectivity index (χ4n) is 2.40. The van der Waals surface area contributed by atoms with Crippen LogP contribution in [-0.2, 0) is 4.79 Å². The van der Waals surface area contributed by atoms with Crippen molar-refractivity contribution >= 4 is 23.5 Å². The molecule has 0 aliphatic heterocycles. The van der Waals surface area contributed by atoms with Crippen LogP contribution in [0.4, 0.5) is 11.4 Å². The van der Waals surface area contributed by atoms with Crippen molar-refractivity contribution < 1.29 is 14.3 Å². The minimum atomic E-state index is -0.206. The summed E-state index contributed by atoms with van der Waals surface area (Å²) in [6, 6.07) is 24.2. The van der Waals surface area contributed by atoms with Gasteiger partial charge in [0.15, 0.2) is 6.61 Å². The fourth-order valence-corrected chi connectivity index (χ4v) is 2.40. The number of aliphatic imine (C=N–C) groups is 1. The van der Waals surface area contributed by atoms with Gasteiger partial charge in [-0.1, -0.05) is 30.3 Å². The molecule has 0 spiro atoms. The molecule has 27 heavy (non-hydrogen) atoms. The highest BCUT2D eigenvalue weighted by Crippen LogP contribution is 2.26. The molecule has 1 N–H and O–H groups in total. The summed E-state index contributed by atoms with van der Waals surface area (Å²) in [6.07, 6.45) is 1.75. The van der Waals surface area contributed by atoms with Gasteiger partial charge in [-0.25, -0.2) is 0 Å². The zero-order chi connectivity index (χ0) is 18.9. The first-order chi connectivity index (χ1) is 13.2. The van der Waals surface area contributed by atoms with E-state index in [2.05, 4.69) is 10.3 Å². The minimum absolute atomic E-state index is 0.0520. The first kappa shape index (κ1) is 18.2. The Morgan fingerprint density at radius 3 is 2.41 bits per heavy atom. The zero-order valence-corrected chi connectivity index (χ0v) is 15.0. The molecule has 5 nitrogen and oxygen atoms in total. The second-order valence-corrected chi connectivity index (χ2v) is 5.70. The van der Waals surface area contributed by atoms with Crippen molar-refractivity contribution in [2.45, 2.75) is 0 Å². The maximum atomic E-state index is 11.9. The monoisotopic (exact) mass is 360 g/mol. The molecule has 0 unspecified atom stereocenters. The van der Waals surface area contributed by atoms with E-state index in [9.17, 15) is 4.79 Å². The van der Waals surface area contributed by atoms with Crippen LogP contribution in [-0.4, -0.2) is 25.8 Å². The van der Waals surface area contributed by atoms with Crippen molar-refractivity contribution in [2.75, 3.05) is 19.0 Å². The summed E-state index contributed by atoms with van der Waals surface area (Å²) in [4.78, 5) is 16.3. The maximum Gasteiger partial charge on any atom is 0.262 e. The van der Waals surface area contributed by atoms with E-state index in [0.717, 1.165) is 22.7 Å². The van der Waals surface area contributed by atoms with Gasteiger partial charge in [-0.05, 0) is 54.1 Å². The number of anilines is 1. The highest BCUT2D eigenvalue weighted by atomic mass is 16.5. The van der Waals surface area contributed by atoms with E-state index in [1.807, 2.05) is 66.7 Å². The lowest BCUT2D eigenvalue weighted by Gasteiger charge is -2.07. The van der Waals surface area contributed by atoms with Gasteiger partial charge in [0.25, 0.3) is 5.91 Å². The van der Waals surface area contributed by atoms with Crippen LogP contribution >= 0.6 is 0 Å². The molecule has 0 radical (unpaired) electrons. The second-order valence-electron chi connectivity index (χ2n) is 5.70. The lowest BCUT2D eigenvalue weighted by molar-refractivity contribution is -0.118. The molecule has 0 atom stereocenters. The molecule has 0 heterocycles. The topological polar surface area (TPSA) is 59.9 Å². The number of para-hydroxylation sites is 3. The average molecular weight is 360 g/mol. The number of ether oxygens (including phenoxy) is 2. The van der Waals surface area contributed by atoms with Crippen molar-refractivity contribution in [3.05, 3.63) is 84.4 Å². The van der Waals surface area contributed by atoms with E-state index in [1.54, 1.807) is 25.5 Å². The summed E-state index contributed by atoms with van der Waals surface area (Å²) >= 11 is 0. The Morgan fingerprint density at radius 1 is 0.963 bits per heavy atom. The number of amides is 1. The molecule has 0 fully saturated rings. The van der Waals surface area contributed by atoms with Crippen LogP contribution in [0.2, 0.25) is 0 Å². The van der Waals surface area contributed by atoms with Crippen LogP contribution in [0.25, 0.3) is 0 Å². The third-order valence-electron chi connectivity index (χ3n) is 3.75. The lowest BCUT2D eigenvalue weighted by Crippen LogP contribution is -2.20. The quantitative estimate of drug-likeness (QED) is 0.633. The van der Waals surface area contributed by atoms with Gasteiger partial charge in [0, 0.05) is 11.9 Å². The SMILES string of the molecule is COc1ccccc1N=Cc1ccc(OCC(=O)Nc2ccccc2)cc1. The molecule has 3 aromatic rings. The average Bonchev–Trinajstić information content (AvgIpc) is 2.72. The molecular weight excluding hydrogens is 340 g/mol. The van der Waals surface area contributed by atoms with Gasteiger partial charge < -0.3 is 14.8 Å². The molecule has 1 amide bonds. The Balaban J connectivity index is 1.54. The minimum Gasteiger partial charge on any atom is -0.494 e. The van der Waals surface area contributed by atoms with Crippen molar-refractivity contribution in [1.29, 1.82) is 0 Å². The predicted molar refractivity (Wildman–Crippen MR) is 107 cm³/mol. The van der Waals surface area contributed by atoms with Gasteiger partial charge in [-0.2, -0.15) is 0 Å². The molecular formula is C22H20N2O3. The summed E-state index contributed by atoms with van der Waals surface area (Å²) in [5.74, 6) is 1.13. The first-order valence-electron chi connectivity index (χ1n) is 8.49. The van der Waals surface area contributed by atoms with Gasteiger partial charge in [-0.15, -0.1) is 0 Å². The third-order valence-corrected chi connectivity index (χ3v) is 3.75. The van der Waals surface area contributed by atoms with Crippen molar-refractivity contribution in [1.82, 2.24) is 0 Å². The lowest BCUT2D eigenvalue weighted by atomic mass is 10.2. The van der Waals surface area contributed by atoms with Crippen molar-refractivity contribution in [3.63, 3.8) is 0 Å². The largest absolute Gasteiger partial charge is 0.494 e. The summed E-state index contributed by atoms with van der Waals surface area (Å²) < 4.78 is 10.8. The van der Waals surface area contributed by atoms with Crippen LogP contribution in [0.15, 0.2) is 83.9 Å². The van der Waals surface area contributed by atoms with Gasteiger partial charge in [0.1, 0.15) is 17.2 Å². The van der Waals surface area contributed by atoms with Gasteiger partial charge in [0.05, 0.1) is 7.11 Å². The Hall–Kier alpha value is -3.60. The normalized spacial score (nSPS) is 10.6. The smallest absolute Gasteiger partial charge is 0.262 e. The van der Waals surface area contributed by atoms with Gasteiger partial charge in [-0.3, -0.25) is 9.79 Å². The van der Waals surface area contributed by atoms with Crippen LogP contribution in [0.1, 0.15) is 5.56 Å². The van der Waals surface area contributed by atoms with Gasteiger partial charge in [0.2, 0.25) is 0 Å². The number of carbonyl (C=O) groups is 1. The summed E-state index contributed by atoms with van der Waals surface area (Å²) in [5.41, 5.74) is 2.42. The van der Waals surface area contributed by atoms with E-state index in [4.69, 9.17) is 9.47 Å². The molecule has 3 rings (SSSR count). The van der Waals surface area contributed by atoms with Gasteiger partial charge >= 0.3 is 0 Å². The Bertz CT molecular complexity index is 906. The summed E-state index contributed by atoms with van der Waals surface area (Å²) in [7, 11) is 1.62. The summed E-state index contributed by atoms with van der Waals surface area (Å²) in [5, 5.41) is 2.78. The van der Waals surface area contributed by atoms with E-state index in [-0.39, 0.29) is 12.5 Å². The zero-order valence-electron chi connectivity index (χ0n) is 15.0. The van der Waals surface area contributed by atoms with E-state index in [0.29, 0.717) is 5.75 Å². The predicted octanol–water partition coefficient (Wildman–Crippen LogP) is 4.46. The number of hydrogen-bond donors (Lipinski definition) is 1. The molecule has 5 heteroatoms. The van der Waals surface area contributed by atoms with Crippen molar-refractivity contribution in [2.24, 2.45) is 4.99 Å². The molecule has 0 saturated carbocycles. The van der Waals surface area contributed by atoms with E-state index >= 15 is 0 Å². The van der Waals surface area contributed by atoms with Crippen LogP contribution in [0.3, 0.4) is 0 Å². The number of benzene rings is 3. The third kappa shape index (κ3) is 5.44. The Labute approximate surface area is 158 Å².